The number of hydrogen-bond donors (Lipinski definition) is 1. The first-order chi connectivity index (χ1) is 10.8. The van der Waals surface area contributed by atoms with Gasteiger partial charge in [-0.3, -0.25) is 0 Å². The van der Waals surface area contributed by atoms with Gasteiger partial charge in [0.15, 0.2) is 0 Å². The number of thioether (sulfide) groups is 1. The fraction of sp³-hybridized carbons (Fsp3) is 0.947. The van der Waals surface area contributed by atoms with Gasteiger partial charge in [0.2, 0.25) is 0 Å². The molecule has 0 bridgehead atoms. The van der Waals surface area contributed by atoms with Crippen molar-refractivity contribution in [2.45, 2.75) is 88.4 Å². The summed E-state index contributed by atoms with van der Waals surface area (Å²) in [6.45, 7) is 0. The van der Waals surface area contributed by atoms with Crippen molar-refractivity contribution in [1.82, 2.24) is 0 Å². The van der Waals surface area contributed by atoms with Crippen molar-refractivity contribution in [3.8, 4) is 5.40 Å². The van der Waals surface area contributed by atoms with Gasteiger partial charge in [0.25, 0.3) is 0 Å². The highest BCUT2D eigenvalue weighted by atomic mass is 32.2. The summed E-state index contributed by atoms with van der Waals surface area (Å²) in [7, 11) is 0. The molecule has 3 aliphatic carbocycles. The molecule has 0 radical (unpaired) electrons. The van der Waals surface area contributed by atoms with Gasteiger partial charge < -0.3 is 5.11 Å². The Labute approximate surface area is 140 Å². The molecule has 124 valence electrons. The molecule has 0 aliphatic heterocycles. The van der Waals surface area contributed by atoms with Crippen LogP contribution in [0.3, 0.4) is 0 Å². The monoisotopic (exact) mass is 321 g/mol. The predicted molar refractivity (Wildman–Crippen MR) is 92.4 cm³/mol. The number of rotatable bonds is 3. The Hall–Kier alpha value is -0.200. The van der Waals surface area contributed by atoms with Gasteiger partial charge in [-0.2, -0.15) is 5.26 Å². The van der Waals surface area contributed by atoms with Gasteiger partial charge >= 0.3 is 0 Å². The molecule has 3 aliphatic rings. The van der Waals surface area contributed by atoms with Crippen LogP contribution in [0, 0.1) is 34.3 Å². The van der Waals surface area contributed by atoms with Crippen LogP contribution < -0.4 is 0 Å². The molecule has 0 aromatic heterocycles. The lowest BCUT2D eigenvalue weighted by Gasteiger charge is -2.40. The first-order valence-corrected chi connectivity index (χ1v) is 10.4. The maximum Gasteiger partial charge on any atom is 0.133 e. The van der Waals surface area contributed by atoms with E-state index < -0.39 is 0 Å². The first kappa shape index (κ1) is 16.7. The minimum atomic E-state index is -0.00551. The maximum atomic E-state index is 9.68. The zero-order valence-electron chi connectivity index (χ0n) is 13.8. The van der Waals surface area contributed by atoms with Crippen molar-refractivity contribution in [2.24, 2.45) is 23.7 Å². The number of nitriles is 1. The van der Waals surface area contributed by atoms with Crippen LogP contribution in [0.25, 0.3) is 0 Å². The van der Waals surface area contributed by atoms with E-state index in [0.29, 0.717) is 5.25 Å². The van der Waals surface area contributed by atoms with Crippen LogP contribution in [0.2, 0.25) is 0 Å². The summed E-state index contributed by atoms with van der Waals surface area (Å²) in [5.74, 6) is 3.78. The second-order valence-corrected chi connectivity index (χ2v) is 9.07. The van der Waals surface area contributed by atoms with Crippen molar-refractivity contribution in [1.29, 1.82) is 5.26 Å². The van der Waals surface area contributed by atoms with E-state index in [1.807, 2.05) is 0 Å². The molecule has 0 spiro atoms. The summed E-state index contributed by atoms with van der Waals surface area (Å²) in [5.41, 5.74) is 0. The van der Waals surface area contributed by atoms with Gasteiger partial charge in [0.1, 0.15) is 5.40 Å². The molecule has 3 heteroatoms. The van der Waals surface area contributed by atoms with Gasteiger partial charge in [-0.25, -0.2) is 0 Å². The van der Waals surface area contributed by atoms with E-state index in [4.69, 9.17) is 5.26 Å². The normalized spacial score (nSPS) is 43.5. The van der Waals surface area contributed by atoms with E-state index in [2.05, 4.69) is 5.40 Å². The zero-order chi connectivity index (χ0) is 15.4. The smallest absolute Gasteiger partial charge is 0.133 e. The summed E-state index contributed by atoms with van der Waals surface area (Å²) in [6, 6.07) is 0. The van der Waals surface area contributed by atoms with Gasteiger partial charge in [-0.15, -0.1) is 0 Å². The highest BCUT2D eigenvalue weighted by molar-refractivity contribution is 8.04. The maximum absolute atomic E-state index is 9.68. The predicted octanol–water partition coefficient (Wildman–Crippen LogP) is 5.12. The average Bonchev–Trinajstić information content (AvgIpc) is 2.57. The van der Waals surface area contributed by atoms with Gasteiger partial charge in [-0.1, -0.05) is 0 Å². The Bertz CT molecular complexity index is 369. The molecule has 0 heterocycles. The fourth-order valence-corrected chi connectivity index (χ4v) is 6.07. The lowest BCUT2D eigenvalue weighted by atomic mass is 9.66. The summed E-state index contributed by atoms with van der Waals surface area (Å²) >= 11 is 1.51. The number of thiocyanates is 1. The highest BCUT2D eigenvalue weighted by Crippen LogP contribution is 2.45. The second kappa shape index (κ2) is 8.06. The highest BCUT2D eigenvalue weighted by Gasteiger charge is 2.34. The van der Waals surface area contributed by atoms with Crippen LogP contribution in [0.5, 0.6) is 0 Å². The standard InChI is InChI=1S/C19H31NOS/c20-13-22-19-11-7-17(8-12-19)15-3-1-14(2-4-15)16-5-9-18(21)10-6-16/h14-19,21H,1-12H2. The first-order valence-electron chi connectivity index (χ1n) is 9.49. The minimum absolute atomic E-state index is 0.00551. The lowest BCUT2D eigenvalue weighted by molar-refractivity contribution is 0.0690. The van der Waals surface area contributed by atoms with E-state index in [9.17, 15) is 5.11 Å². The third-order valence-electron chi connectivity index (χ3n) is 6.83. The molecule has 3 rings (SSSR count). The van der Waals surface area contributed by atoms with Crippen molar-refractivity contribution in [3.63, 3.8) is 0 Å². The fourth-order valence-electron chi connectivity index (χ4n) is 5.41. The SMILES string of the molecule is N#CSC1CCC(C2CCC(C3CCC(O)CC3)CC2)CC1. The van der Waals surface area contributed by atoms with Crippen LogP contribution in [-0.4, -0.2) is 16.5 Å². The van der Waals surface area contributed by atoms with Gasteiger partial charge in [-0.05, 0) is 112 Å². The van der Waals surface area contributed by atoms with Crippen LogP contribution >= 0.6 is 11.8 Å². The average molecular weight is 322 g/mol. The Kier molecular flexibility index (Phi) is 6.10. The molecule has 0 aromatic rings. The summed E-state index contributed by atoms with van der Waals surface area (Å²) in [4.78, 5) is 0. The van der Waals surface area contributed by atoms with E-state index >= 15 is 0 Å². The molecule has 0 saturated heterocycles. The van der Waals surface area contributed by atoms with Crippen LogP contribution in [0.1, 0.15) is 77.0 Å². The van der Waals surface area contributed by atoms with E-state index in [0.717, 1.165) is 36.5 Å². The topological polar surface area (TPSA) is 44.0 Å². The largest absolute Gasteiger partial charge is 0.393 e. The molecular weight excluding hydrogens is 290 g/mol. The summed E-state index contributed by atoms with van der Waals surface area (Å²) in [6.07, 6.45) is 15.7. The Morgan fingerprint density at radius 2 is 1.00 bits per heavy atom. The quantitative estimate of drug-likeness (QED) is 0.734. The van der Waals surface area contributed by atoms with Crippen LogP contribution in [0.15, 0.2) is 0 Å². The van der Waals surface area contributed by atoms with E-state index in [1.54, 1.807) is 0 Å². The van der Waals surface area contributed by atoms with Gasteiger partial charge in [0.05, 0.1) is 6.10 Å². The molecule has 22 heavy (non-hydrogen) atoms. The van der Waals surface area contributed by atoms with Crippen molar-refractivity contribution in [3.05, 3.63) is 0 Å². The number of aliphatic hydroxyl groups is 1. The van der Waals surface area contributed by atoms with Crippen molar-refractivity contribution in [2.75, 3.05) is 0 Å². The molecular formula is C19H31NOS. The summed E-state index contributed by atoms with van der Waals surface area (Å²) < 4.78 is 0. The molecule has 2 nitrogen and oxygen atoms in total. The third-order valence-corrected chi connectivity index (χ3v) is 7.74. The molecule has 0 unspecified atom stereocenters. The molecule has 3 fully saturated rings. The van der Waals surface area contributed by atoms with Crippen LogP contribution in [-0.2, 0) is 0 Å². The van der Waals surface area contributed by atoms with E-state index in [-0.39, 0.29) is 6.10 Å². The van der Waals surface area contributed by atoms with Crippen molar-refractivity contribution < 1.29 is 5.11 Å². The zero-order valence-corrected chi connectivity index (χ0v) is 14.6. The Morgan fingerprint density at radius 1 is 0.636 bits per heavy atom. The number of hydrogen-bond acceptors (Lipinski definition) is 3. The third kappa shape index (κ3) is 4.20. The molecule has 1 N–H and O–H groups in total. The number of aliphatic hydroxyl groups excluding tert-OH is 1. The Morgan fingerprint density at radius 3 is 1.41 bits per heavy atom. The summed E-state index contributed by atoms with van der Waals surface area (Å²) in [5, 5.41) is 21.4. The lowest BCUT2D eigenvalue weighted by Crippen LogP contribution is -2.30. The Balaban J connectivity index is 1.40. The molecule has 0 aromatic carbocycles. The molecule has 0 atom stereocenters. The second-order valence-electron chi connectivity index (χ2n) is 7.99. The van der Waals surface area contributed by atoms with Gasteiger partial charge in [0, 0.05) is 5.25 Å². The molecule has 3 saturated carbocycles. The van der Waals surface area contributed by atoms with E-state index in [1.165, 1.54) is 76.0 Å². The van der Waals surface area contributed by atoms with Crippen molar-refractivity contribution >= 4 is 11.8 Å². The number of nitrogens with zero attached hydrogens (tertiary/aromatic N) is 1. The minimum Gasteiger partial charge on any atom is -0.393 e. The molecule has 0 amide bonds. The van der Waals surface area contributed by atoms with Crippen LogP contribution in [0.4, 0.5) is 0 Å².